The van der Waals surface area contributed by atoms with Crippen LogP contribution in [0.25, 0.3) is 5.53 Å². The van der Waals surface area contributed by atoms with Gasteiger partial charge in [0.25, 0.3) is 5.78 Å². The molecule has 2 N–H and O–H groups in total. The van der Waals surface area contributed by atoms with Gasteiger partial charge in [0.1, 0.15) is 0 Å². The van der Waals surface area contributed by atoms with Crippen molar-refractivity contribution in [2.75, 3.05) is 0 Å². The average molecular weight is 178 g/mol. The number of rotatable bonds is 3. The molecule has 0 spiro atoms. The Kier molecular flexibility index (Phi) is 3.29. The summed E-state index contributed by atoms with van der Waals surface area (Å²) in [5.41, 5.74) is 6.95. The van der Waals surface area contributed by atoms with Gasteiger partial charge in [0, 0.05) is 6.42 Å². The van der Waals surface area contributed by atoms with E-state index in [9.17, 15) is 9.36 Å². The van der Waals surface area contributed by atoms with Crippen LogP contribution in [0.3, 0.4) is 0 Å². The van der Waals surface area contributed by atoms with Crippen molar-refractivity contribution in [3.63, 3.8) is 0 Å². The number of hydrogen-bond acceptors (Lipinski definition) is 2. The molecule has 0 radical (unpaired) electrons. The predicted molar refractivity (Wildman–Crippen MR) is 36.0 cm³/mol. The third-order valence-corrected chi connectivity index (χ3v) is 1.83. The molecule has 0 amide bonds. The van der Waals surface area contributed by atoms with Crippen LogP contribution in [0.15, 0.2) is 0 Å². The highest BCUT2D eigenvalue weighted by Crippen LogP contribution is 2.35. The number of Topliss-reactive ketones (excluding diaryl/α,β-unsaturated/α-hetero) is 1. The summed E-state index contributed by atoms with van der Waals surface area (Å²) >= 11 is 0. The van der Waals surface area contributed by atoms with Gasteiger partial charge in [0.05, 0.1) is 0 Å². The third kappa shape index (κ3) is 2.74. The van der Waals surface area contributed by atoms with Gasteiger partial charge >= 0.3 is 13.0 Å². The fourth-order valence-electron chi connectivity index (χ4n) is 0.435. The van der Waals surface area contributed by atoms with E-state index in [0.29, 0.717) is 0 Å². The van der Waals surface area contributed by atoms with Crippen LogP contribution < -0.4 is 0 Å². The molecule has 0 bridgehead atoms. The van der Waals surface area contributed by atoms with E-state index in [0.717, 1.165) is 0 Å². The van der Waals surface area contributed by atoms with Gasteiger partial charge in [-0.1, -0.05) is 6.92 Å². The summed E-state index contributed by atoms with van der Waals surface area (Å²) in [7, 11) is -4.70. The molecule has 0 fully saturated rings. The summed E-state index contributed by atoms with van der Waals surface area (Å²) in [5.74, 6) is -0.860. The molecule has 0 aromatic heterocycles. The van der Waals surface area contributed by atoms with Crippen LogP contribution in [-0.4, -0.2) is 25.8 Å². The van der Waals surface area contributed by atoms with E-state index >= 15 is 0 Å². The molecule has 0 unspecified atom stereocenters. The molecule has 6 nitrogen and oxygen atoms in total. The van der Waals surface area contributed by atoms with Crippen LogP contribution in [0.2, 0.25) is 0 Å². The zero-order valence-corrected chi connectivity index (χ0v) is 6.65. The van der Waals surface area contributed by atoms with Gasteiger partial charge in [0.15, 0.2) is 0 Å². The maximum Gasteiger partial charge on any atom is 0.443 e. The van der Waals surface area contributed by atoms with Gasteiger partial charge < -0.3 is 15.3 Å². The lowest BCUT2D eigenvalue weighted by Crippen LogP contribution is -2.13. The molecule has 0 aromatic rings. The van der Waals surface area contributed by atoms with Crippen molar-refractivity contribution in [2.45, 2.75) is 13.3 Å². The SMILES string of the molecule is CCC(=O)C(=[N+]=[N-])P(=O)(O)O. The first-order valence-corrected chi connectivity index (χ1v) is 4.36. The van der Waals surface area contributed by atoms with Crippen molar-refractivity contribution in [3.8, 4) is 0 Å². The molecule has 0 saturated heterocycles. The number of carbonyl (C=O) groups is 1. The zero-order chi connectivity index (χ0) is 9.07. The quantitative estimate of drug-likeness (QED) is 0.269. The Morgan fingerprint density at radius 1 is 1.64 bits per heavy atom. The van der Waals surface area contributed by atoms with Gasteiger partial charge in [-0.25, -0.2) is 4.57 Å². The van der Waals surface area contributed by atoms with E-state index in [-0.39, 0.29) is 6.42 Å². The number of ketones is 1. The van der Waals surface area contributed by atoms with Crippen molar-refractivity contribution in [2.24, 2.45) is 0 Å². The molecule has 11 heavy (non-hydrogen) atoms. The second-order valence-corrected chi connectivity index (χ2v) is 3.26. The fourth-order valence-corrected chi connectivity index (χ4v) is 1.03. The highest BCUT2D eigenvalue weighted by Gasteiger charge is 2.37. The number of carbonyl (C=O) groups excluding carboxylic acids is 1. The molecular weight excluding hydrogens is 171 g/mol. The molecule has 0 aromatic carbocycles. The lowest BCUT2D eigenvalue weighted by molar-refractivity contribution is -0.116. The summed E-state index contributed by atoms with van der Waals surface area (Å²) in [6.07, 6.45) is -0.107. The maximum absolute atomic E-state index is 10.6. The van der Waals surface area contributed by atoms with Crippen LogP contribution in [-0.2, 0) is 9.36 Å². The van der Waals surface area contributed by atoms with Crippen LogP contribution in [0, 0.1) is 0 Å². The minimum absolute atomic E-state index is 0.107. The molecule has 0 saturated carbocycles. The van der Waals surface area contributed by atoms with Gasteiger partial charge in [-0.3, -0.25) is 4.79 Å². The number of hydrogen-bond donors (Lipinski definition) is 2. The van der Waals surface area contributed by atoms with Crippen LogP contribution in [0.1, 0.15) is 13.3 Å². The summed E-state index contributed by atoms with van der Waals surface area (Å²) in [6.45, 7) is 1.41. The summed E-state index contributed by atoms with van der Waals surface area (Å²) in [5, 5.41) is 0. The van der Waals surface area contributed by atoms with Gasteiger partial charge in [-0.15, -0.1) is 0 Å². The molecule has 0 atom stereocenters. The highest BCUT2D eigenvalue weighted by atomic mass is 31.2. The Hall–Kier alpha value is -0.800. The first kappa shape index (κ1) is 10.2. The highest BCUT2D eigenvalue weighted by molar-refractivity contribution is 7.73. The van der Waals surface area contributed by atoms with E-state index in [4.69, 9.17) is 15.3 Å². The monoisotopic (exact) mass is 178 g/mol. The molecule has 0 heterocycles. The van der Waals surface area contributed by atoms with Crippen molar-refractivity contribution in [1.29, 1.82) is 0 Å². The van der Waals surface area contributed by atoms with Crippen LogP contribution >= 0.6 is 7.60 Å². The van der Waals surface area contributed by atoms with Crippen LogP contribution in [0.4, 0.5) is 0 Å². The van der Waals surface area contributed by atoms with Gasteiger partial charge in [-0.2, -0.15) is 4.79 Å². The fraction of sp³-hybridized carbons (Fsp3) is 0.500. The minimum Gasteiger partial charge on any atom is -0.360 e. The Balaban J connectivity index is 4.89. The van der Waals surface area contributed by atoms with E-state index in [1.54, 1.807) is 0 Å². The van der Waals surface area contributed by atoms with E-state index in [1.807, 2.05) is 0 Å². The van der Waals surface area contributed by atoms with Crippen molar-refractivity contribution >= 4 is 18.8 Å². The normalized spacial score (nSPS) is 10.5. The first-order chi connectivity index (χ1) is 4.93. The smallest absolute Gasteiger partial charge is 0.360 e. The molecular formula is C4H7N2O4P. The topological polar surface area (TPSA) is 111 Å². The largest absolute Gasteiger partial charge is 0.443 e. The Morgan fingerprint density at radius 3 is 2.18 bits per heavy atom. The summed E-state index contributed by atoms with van der Waals surface area (Å²) in [4.78, 5) is 29.6. The van der Waals surface area contributed by atoms with Crippen molar-refractivity contribution < 1.29 is 23.9 Å². The van der Waals surface area contributed by atoms with E-state index in [1.165, 1.54) is 6.92 Å². The molecule has 0 rings (SSSR count). The van der Waals surface area contributed by atoms with E-state index in [2.05, 4.69) is 4.79 Å². The van der Waals surface area contributed by atoms with E-state index < -0.39 is 18.8 Å². The van der Waals surface area contributed by atoms with Gasteiger partial charge in [-0.05, 0) is 0 Å². The number of nitrogens with zero attached hydrogens (tertiary/aromatic N) is 2. The summed E-state index contributed by atoms with van der Waals surface area (Å²) < 4.78 is 10.3. The Labute approximate surface area is 62.6 Å². The third-order valence-electron chi connectivity index (χ3n) is 0.941. The zero-order valence-electron chi connectivity index (χ0n) is 5.76. The minimum atomic E-state index is -4.70. The molecule has 7 heteroatoms. The van der Waals surface area contributed by atoms with Gasteiger partial charge in [0.2, 0.25) is 0 Å². The molecule has 62 valence electrons. The molecule has 0 aliphatic heterocycles. The standard InChI is InChI=1S/C4H7N2O4P/c1-2-3(7)4(6-5)11(8,9)10/h2H2,1H3,(H2,8,9,10). The average Bonchev–Trinajstić information content (AvgIpc) is 1.86. The maximum atomic E-state index is 10.6. The van der Waals surface area contributed by atoms with Crippen LogP contribution in [0.5, 0.6) is 0 Å². The second kappa shape index (κ2) is 3.55. The first-order valence-electron chi connectivity index (χ1n) is 2.74. The van der Waals surface area contributed by atoms with Crippen molar-refractivity contribution in [1.82, 2.24) is 0 Å². The molecule has 0 aliphatic carbocycles. The Bertz CT molecular complexity index is 261. The lowest BCUT2D eigenvalue weighted by Gasteiger charge is -1.93. The second-order valence-electron chi connectivity index (χ2n) is 1.74. The predicted octanol–water partition coefficient (Wildman–Crippen LogP) is -0.228. The summed E-state index contributed by atoms with van der Waals surface area (Å²) in [6, 6.07) is 0. The Morgan fingerprint density at radius 2 is 2.09 bits per heavy atom. The lowest BCUT2D eigenvalue weighted by atomic mass is 10.3. The van der Waals surface area contributed by atoms with Crippen molar-refractivity contribution in [3.05, 3.63) is 5.53 Å². The molecule has 0 aliphatic rings.